The van der Waals surface area contributed by atoms with Gasteiger partial charge in [0.05, 0.1) is 17.8 Å². The molecule has 1 amide bonds. The largest absolute Gasteiger partial charge is 0.419 e. The van der Waals surface area contributed by atoms with E-state index in [0.29, 0.717) is 24.0 Å². The Kier molecular flexibility index (Phi) is 4.34. The smallest absolute Gasteiger partial charge is 0.267 e. The third-order valence-corrected chi connectivity index (χ3v) is 4.14. The second-order valence-corrected chi connectivity index (χ2v) is 7.33. The highest BCUT2D eigenvalue weighted by molar-refractivity contribution is 5.81. The van der Waals surface area contributed by atoms with Gasteiger partial charge in [0, 0.05) is 24.7 Å². The van der Waals surface area contributed by atoms with Gasteiger partial charge in [0.2, 0.25) is 11.8 Å². The number of piperidine rings is 1. The number of aryl methyl sites for hydroxylation is 1. The highest BCUT2D eigenvalue weighted by Crippen LogP contribution is 2.30. The first-order chi connectivity index (χ1) is 11.3. The highest BCUT2D eigenvalue weighted by atomic mass is 16.4. The van der Waals surface area contributed by atoms with E-state index in [1.54, 1.807) is 12.4 Å². The van der Waals surface area contributed by atoms with Crippen LogP contribution in [0.5, 0.6) is 0 Å². The van der Waals surface area contributed by atoms with E-state index in [4.69, 9.17) is 4.42 Å². The number of hydrogen-bond donors (Lipinski definition) is 0. The lowest BCUT2D eigenvalue weighted by molar-refractivity contribution is -0.140. The molecule has 0 aromatic carbocycles. The Morgan fingerprint density at radius 1 is 1.25 bits per heavy atom. The highest BCUT2D eigenvalue weighted by Gasteiger charge is 2.33. The molecule has 0 aliphatic carbocycles. The van der Waals surface area contributed by atoms with Gasteiger partial charge in [0.25, 0.3) is 5.89 Å². The molecule has 1 atom stereocenters. The normalized spacial score (nSPS) is 18.7. The van der Waals surface area contributed by atoms with Gasteiger partial charge in [0.1, 0.15) is 5.69 Å². The maximum absolute atomic E-state index is 12.5. The molecule has 1 unspecified atom stereocenters. The Bertz CT molecular complexity index is 717. The minimum atomic E-state index is -0.376. The molecule has 128 valence electrons. The molecule has 1 saturated heterocycles. The number of rotatable bonds is 2. The molecule has 1 aliphatic heterocycles. The zero-order chi connectivity index (χ0) is 17.3. The van der Waals surface area contributed by atoms with Crippen LogP contribution in [0.15, 0.2) is 16.8 Å². The summed E-state index contributed by atoms with van der Waals surface area (Å²) in [6, 6.07) is 0. The molecule has 3 heterocycles. The van der Waals surface area contributed by atoms with Crippen LogP contribution in [0.25, 0.3) is 11.6 Å². The van der Waals surface area contributed by atoms with Gasteiger partial charge < -0.3 is 9.32 Å². The van der Waals surface area contributed by atoms with Gasteiger partial charge >= 0.3 is 0 Å². The Morgan fingerprint density at radius 2 is 2.04 bits per heavy atom. The van der Waals surface area contributed by atoms with Crippen LogP contribution >= 0.6 is 0 Å². The number of carbonyl (C=O) groups is 1. The van der Waals surface area contributed by atoms with Crippen LogP contribution in [0.4, 0.5) is 0 Å². The predicted octanol–water partition coefficient (Wildman–Crippen LogP) is 2.59. The maximum atomic E-state index is 12.5. The summed E-state index contributed by atoms with van der Waals surface area (Å²) in [5.41, 5.74) is 1.03. The lowest BCUT2D eigenvalue weighted by Gasteiger charge is -2.35. The maximum Gasteiger partial charge on any atom is 0.267 e. The summed E-state index contributed by atoms with van der Waals surface area (Å²) in [5, 5.41) is 8.26. The Balaban J connectivity index is 1.75. The fourth-order valence-corrected chi connectivity index (χ4v) is 2.84. The number of nitrogens with zero attached hydrogens (tertiary/aromatic N) is 5. The number of likely N-dealkylation sites (tertiary alicyclic amines) is 1. The van der Waals surface area contributed by atoms with Crippen LogP contribution in [0.1, 0.15) is 51.1 Å². The first kappa shape index (κ1) is 16.5. The summed E-state index contributed by atoms with van der Waals surface area (Å²) in [7, 11) is 0. The van der Waals surface area contributed by atoms with Crippen molar-refractivity contribution in [2.45, 2.75) is 46.5 Å². The van der Waals surface area contributed by atoms with Crippen molar-refractivity contribution in [3.05, 3.63) is 24.0 Å². The van der Waals surface area contributed by atoms with Crippen molar-refractivity contribution in [3.8, 4) is 11.6 Å². The molecule has 0 spiro atoms. The van der Waals surface area contributed by atoms with E-state index in [9.17, 15) is 4.79 Å². The Labute approximate surface area is 141 Å². The summed E-state index contributed by atoms with van der Waals surface area (Å²) in [6.07, 6.45) is 5.18. The van der Waals surface area contributed by atoms with Gasteiger partial charge in [-0.25, -0.2) is 4.98 Å². The van der Waals surface area contributed by atoms with Crippen LogP contribution in [-0.4, -0.2) is 44.1 Å². The van der Waals surface area contributed by atoms with Crippen LogP contribution < -0.4 is 0 Å². The SMILES string of the molecule is Cc1cnc(-c2nnc(C3CCCN(C(=O)C(C)(C)C)C3)o2)cn1. The average Bonchev–Trinajstić information content (AvgIpc) is 3.04. The van der Waals surface area contributed by atoms with Crippen LogP contribution in [0.3, 0.4) is 0 Å². The first-order valence-electron chi connectivity index (χ1n) is 8.26. The summed E-state index contributed by atoms with van der Waals surface area (Å²) < 4.78 is 5.80. The second kappa shape index (κ2) is 6.30. The molecule has 7 nitrogen and oxygen atoms in total. The average molecular weight is 329 g/mol. The van der Waals surface area contributed by atoms with Gasteiger partial charge in [0.15, 0.2) is 0 Å². The van der Waals surface area contributed by atoms with E-state index in [2.05, 4.69) is 20.2 Å². The third kappa shape index (κ3) is 3.44. The number of amides is 1. The van der Waals surface area contributed by atoms with E-state index in [0.717, 1.165) is 25.1 Å². The summed E-state index contributed by atoms with van der Waals surface area (Å²) in [4.78, 5) is 22.9. The number of aromatic nitrogens is 4. The van der Waals surface area contributed by atoms with Crippen molar-refractivity contribution in [3.63, 3.8) is 0 Å². The fourth-order valence-electron chi connectivity index (χ4n) is 2.84. The molecule has 2 aromatic rings. The monoisotopic (exact) mass is 329 g/mol. The van der Waals surface area contributed by atoms with Crippen LogP contribution in [0, 0.1) is 12.3 Å². The van der Waals surface area contributed by atoms with E-state index in [-0.39, 0.29) is 17.2 Å². The molecule has 2 aromatic heterocycles. The minimum Gasteiger partial charge on any atom is -0.419 e. The zero-order valence-corrected chi connectivity index (χ0v) is 14.6. The predicted molar refractivity (Wildman–Crippen MR) is 88.1 cm³/mol. The molecule has 0 bridgehead atoms. The standard InChI is InChI=1S/C17H23N5O2/c1-11-8-19-13(9-18-11)15-21-20-14(24-15)12-6-5-7-22(10-12)16(23)17(2,3)4/h8-9,12H,5-7,10H2,1-4H3. The molecule has 0 N–H and O–H groups in total. The van der Waals surface area contributed by atoms with E-state index >= 15 is 0 Å². The molecule has 0 radical (unpaired) electrons. The van der Waals surface area contributed by atoms with Crippen LogP contribution in [-0.2, 0) is 4.79 Å². The molecule has 7 heteroatoms. The lowest BCUT2D eigenvalue weighted by Crippen LogP contribution is -2.44. The first-order valence-corrected chi connectivity index (χ1v) is 8.26. The molecule has 1 fully saturated rings. The molecule has 0 saturated carbocycles. The summed E-state index contributed by atoms with van der Waals surface area (Å²) in [6.45, 7) is 9.12. The Morgan fingerprint density at radius 3 is 2.71 bits per heavy atom. The second-order valence-electron chi connectivity index (χ2n) is 7.33. The lowest BCUT2D eigenvalue weighted by atomic mass is 9.91. The van der Waals surface area contributed by atoms with E-state index in [1.165, 1.54) is 0 Å². The molecule has 1 aliphatic rings. The topological polar surface area (TPSA) is 85.0 Å². The van der Waals surface area contributed by atoms with E-state index in [1.807, 2.05) is 32.6 Å². The van der Waals surface area contributed by atoms with E-state index < -0.39 is 0 Å². The van der Waals surface area contributed by atoms with Gasteiger partial charge in [-0.1, -0.05) is 20.8 Å². The summed E-state index contributed by atoms with van der Waals surface area (Å²) >= 11 is 0. The van der Waals surface area contributed by atoms with Crippen molar-refractivity contribution in [2.24, 2.45) is 5.41 Å². The Hall–Kier alpha value is -2.31. The molecule has 3 rings (SSSR count). The number of hydrogen-bond acceptors (Lipinski definition) is 6. The minimum absolute atomic E-state index is 0.0738. The fraction of sp³-hybridized carbons (Fsp3) is 0.588. The molecular weight excluding hydrogens is 306 g/mol. The van der Waals surface area contributed by atoms with Gasteiger partial charge in [-0.15, -0.1) is 10.2 Å². The number of carbonyl (C=O) groups excluding carboxylic acids is 1. The van der Waals surface area contributed by atoms with Crippen molar-refractivity contribution in [1.29, 1.82) is 0 Å². The quantitative estimate of drug-likeness (QED) is 0.842. The third-order valence-electron chi connectivity index (χ3n) is 4.14. The van der Waals surface area contributed by atoms with Crippen molar-refractivity contribution in [2.75, 3.05) is 13.1 Å². The van der Waals surface area contributed by atoms with Gasteiger partial charge in [-0.05, 0) is 19.8 Å². The van der Waals surface area contributed by atoms with Crippen molar-refractivity contribution < 1.29 is 9.21 Å². The van der Waals surface area contributed by atoms with Gasteiger partial charge in [-0.2, -0.15) is 0 Å². The van der Waals surface area contributed by atoms with Crippen LogP contribution in [0.2, 0.25) is 0 Å². The molecule has 24 heavy (non-hydrogen) atoms. The van der Waals surface area contributed by atoms with Gasteiger partial charge in [-0.3, -0.25) is 9.78 Å². The van der Waals surface area contributed by atoms with Crippen molar-refractivity contribution >= 4 is 5.91 Å². The van der Waals surface area contributed by atoms with Crippen molar-refractivity contribution in [1.82, 2.24) is 25.1 Å². The molecular formula is C17H23N5O2. The zero-order valence-electron chi connectivity index (χ0n) is 14.6. The summed E-state index contributed by atoms with van der Waals surface area (Å²) in [5.74, 6) is 1.18.